The minimum absolute atomic E-state index is 0.0973. The molecule has 0 spiro atoms. The van der Waals surface area contributed by atoms with E-state index in [-0.39, 0.29) is 36.0 Å². The van der Waals surface area contributed by atoms with Crippen molar-refractivity contribution in [2.75, 3.05) is 13.1 Å². The lowest BCUT2D eigenvalue weighted by atomic mass is 9.84. The number of hydrogen-bond acceptors (Lipinski definition) is 3. The number of hydrogen-bond donors (Lipinski definition) is 2. The van der Waals surface area contributed by atoms with Gasteiger partial charge in [0.25, 0.3) is 5.91 Å². The van der Waals surface area contributed by atoms with Crippen molar-refractivity contribution in [1.82, 2.24) is 10.6 Å². The lowest BCUT2D eigenvalue weighted by molar-refractivity contribution is -0.121. The maximum atomic E-state index is 11.9. The summed E-state index contributed by atoms with van der Waals surface area (Å²) in [5.74, 6) is -0.172. The molecule has 24 heavy (non-hydrogen) atoms. The van der Waals surface area contributed by atoms with Crippen molar-refractivity contribution in [2.45, 2.75) is 25.7 Å². The summed E-state index contributed by atoms with van der Waals surface area (Å²) >= 11 is 3.42. The molecule has 0 aliphatic heterocycles. The van der Waals surface area contributed by atoms with Crippen molar-refractivity contribution in [3.05, 3.63) is 58.5 Å². The van der Waals surface area contributed by atoms with Gasteiger partial charge in [-0.1, -0.05) is 41.9 Å². The molecule has 0 saturated heterocycles. The van der Waals surface area contributed by atoms with Crippen LogP contribution in [-0.4, -0.2) is 24.9 Å². The minimum Gasteiger partial charge on any atom is -0.459 e. The maximum absolute atomic E-state index is 11.9. The van der Waals surface area contributed by atoms with Gasteiger partial charge in [0.05, 0.1) is 6.26 Å². The molecule has 6 heteroatoms. The highest BCUT2D eigenvalue weighted by Gasteiger charge is 2.21. The van der Waals surface area contributed by atoms with E-state index in [9.17, 15) is 9.59 Å². The highest BCUT2D eigenvalue weighted by molar-refractivity contribution is 9.10. The molecular formula is C18H21BrN2O3. The van der Waals surface area contributed by atoms with Crippen LogP contribution in [-0.2, 0) is 10.2 Å². The first-order valence-electron chi connectivity index (χ1n) is 7.73. The van der Waals surface area contributed by atoms with Crippen molar-refractivity contribution in [1.29, 1.82) is 0 Å². The van der Waals surface area contributed by atoms with Crippen LogP contribution < -0.4 is 10.6 Å². The number of furan rings is 1. The van der Waals surface area contributed by atoms with Crippen LogP contribution in [0.5, 0.6) is 0 Å². The van der Waals surface area contributed by atoms with Crippen LogP contribution in [0.15, 0.2) is 51.6 Å². The lowest BCUT2D eigenvalue weighted by Gasteiger charge is -2.25. The largest absolute Gasteiger partial charge is 0.459 e. The third kappa shape index (κ3) is 5.23. The molecule has 2 aromatic rings. The summed E-state index contributed by atoms with van der Waals surface area (Å²) in [6, 6.07) is 11.3. The predicted octanol–water partition coefficient (Wildman–Crippen LogP) is 3.26. The molecule has 0 saturated carbocycles. The third-order valence-electron chi connectivity index (χ3n) is 3.74. The lowest BCUT2D eigenvalue weighted by Crippen LogP contribution is -2.38. The number of benzene rings is 1. The van der Waals surface area contributed by atoms with Gasteiger partial charge in [-0.2, -0.15) is 0 Å². The van der Waals surface area contributed by atoms with Gasteiger partial charge in [-0.05, 0) is 29.8 Å². The van der Waals surface area contributed by atoms with Crippen LogP contribution in [0, 0.1) is 0 Å². The molecule has 0 unspecified atom stereocenters. The molecular weight excluding hydrogens is 372 g/mol. The zero-order valence-electron chi connectivity index (χ0n) is 13.8. The molecule has 0 aliphatic rings. The first kappa shape index (κ1) is 18.3. The number of rotatable bonds is 7. The highest BCUT2D eigenvalue weighted by Crippen LogP contribution is 2.24. The van der Waals surface area contributed by atoms with E-state index in [0.29, 0.717) is 6.54 Å². The molecule has 2 N–H and O–H groups in total. The van der Waals surface area contributed by atoms with Gasteiger partial charge in [-0.15, -0.1) is 0 Å². The predicted molar refractivity (Wildman–Crippen MR) is 95.8 cm³/mol. The zero-order valence-corrected chi connectivity index (χ0v) is 15.4. The molecule has 0 bridgehead atoms. The molecule has 2 amide bonds. The Morgan fingerprint density at radius 3 is 2.46 bits per heavy atom. The molecule has 128 valence electrons. The van der Waals surface area contributed by atoms with E-state index < -0.39 is 0 Å². The van der Waals surface area contributed by atoms with Crippen molar-refractivity contribution in [3.63, 3.8) is 0 Å². The van der Waals surface area contributed by atoms with Gasteiger partial charge >= 0.3 is 0 Å². The van der Waals surface area contributed by atoms with Crippen molar-refractivity contribution >= 4 is 27.7 Å². The Bertz CT molecular complexity index is 679. The summed E-state index contributed by atoms with van der Waals surface area (Å²) in [4.78, 5) is 23.6. The summed E-state index contributed by atoms with van der Waals surface area (Å²) in [7, 11) is 0. The van der Waals surface area contributed by atoms with E-state index in [1.807, 2.05) is 24.3 Å². The van der Waals surface area contributed by atoms with Gasteiger partial charge in [0.1, 0.15) is 0 Å². The second-order valence-electron chi connectivity index (χ2n) is 6.15. The Labute approximate surface area is 149 Å². The smallest absolute Gasteiger partial charge is 0.286 e. The molecule has 5 nitrogen and oxygen atoms in total. The molecule has 0 atom stereocenters. The molecule has 1 heterocycles. The van der Waals surface area contributed by atoms with Crippen LogP contribution in [0.4, 0.5) is 0 Å². The second-order valence-corrected chi connectivity index (χ2v) is 7.07. The van der Waals surface area contributed by atoms with Gasteiger partial charge in [0.2, 0.25) is 5.91 Å². The summed E-state index contributed by atoms with van der Waals surface area (Å²) in [5.41, 5.74) is 0.977. The summed E-state index contributed by atoms with van der Waals surface area (Å²) < 4.78 is 6.01. The van der Waals surface area contributed by atoms with Crippen LogP contribution in [0.2, 0.25) is 0 Å². The number of halogens is 1. The van der Waals surface area contributed by atoms with E-state index >= 15 is 0 Å². The zero-order chi connectivity index (χ0) is 17.6. The average Bonchev–Trinajstić information content (AvgIpc) is 3.08. The van der Waals surface area contributed by atoms with Crippen LogP contribution in [0.1, 0.15) is 36.4 Å². The van der Waals surface area contributed by atoms with Crippen molar-refractivity contribution in [2.24, 2.45) is 0 Å². The van der Waals surface area contributed by atoms with E-state index in [1.54, 1.807) is 12.1 Å². The highest BCUT2D eigenvalue weighted by atomic mass is 79.9. The van der Waals surface area contributed by atoms with E-state index in [1.165, 1.54) is 6.26 Å². The Kier molecular flexibility index (Phi) is 6.20. The molecule has 1 aromatic heterocycles. The van der Waals surface area contributed by atoms with Crippen LogP contribution in [0.25, 0.3) is 0 Å². The summed E-state index contributed by atoms with van der Waals surface area (Å²) in [5, 5.41) is 5.57. The van der Waals surface area contributed by atoms with E-state index in [0.717, 1.165) is 10.0 Å². The van der Waals surface area contributed by atoms with Gasteiger partial charge < -0.3 is 15.1 Å². The SMILES string of the molecule is CC(C)(CNC(=O)CCNC(=O)c1ccco1)c1ccc(Br)cc1. The maximum Gasteiger partial charge on any atom is 0.286 e. The Morgan fingerprint density at radius 2 is 1.83 bits per heavy atom. The first-order chi connectivity index (χ1) is 11.4. The van der Waals surface area contributed by atoms with Crippen molar-refractivity contribution < 1.29 is 14.0 Å². The van der Waals surface area contributed by atoms with Gasteiger partial charge in [0.15, 0.2) is 5.76 Å². The van der Waals surface area contributed by atoms with E-state index in [2.05, 4.69) is 40.4 Å². The Balaban J connectivity index is 1.74. The monoisotopic (exact) mass is 392 g/mol. The number of carbonyl (C=O) groups is 2. The van der Waals surface area contributed by atoms with Gasteiger partial charge in [-0.3, -0.25) is 9.59 Å². The van der Waals surface area contributed by atoms with Gasteiger partial charge in [0, 0.05) is 29.4 Å². The van der Waals surface area contributed by atoms with Crippen molar-refractivity contribution in [3.8, 4) is 0 Å². The Morgan fingerprint density at radius 1 is 1.12 bits per heavy atom. The molecule has 0 radical (unpaired) electrons. The quantitative estimate of drug-likeness (QED) is 0.759. The normalized spacial score (nSPS) is 11.1. The fraction of sp³-hybridized carbons (Fsp3) is 0.333. The third-order valence-corrected chi connectivity index (χ3v) is 4.26. The minimum atomic E-state index is -0.317. The first-order valence-corrected chi connectivity index (χ1v) is 8.52. The number of nitrogens with one attached hydrogen (secondary N) is 2. The topological polar surface area (TPSA) is 71.3 Å². The fourth-order valence-corrected chi connectivity index (χ4v) is 2.46. The van der Waals surface area contributed by atoms with Gasteiger partial charge in [-0.25, -0.2) is 0 Å². The number of carbonyl (C=O) groups excluding carboxylic acids is 2. The summed E-state index contributed by atoms with van der Waals surface area (Å²) in [6.07, 6.45) is 1.66. The molecule has 1 aromatic carbocycles. The second kappa shape index (κ2) is 8.15. The fourth-order valence-electron chi connectivity index (χ4n) is 2.20. The molecule has 0 fully saturated rings. The summed E-state index contributed by atoms with van der Waals surface area (Å²) in [6.45, 7) is 4.95. The van der Waals surface area contributed by atoms with Crippen LogP contribution >= 0.6 is 15.9 Å². The van der Waals surface area contributed by atoms with Crippen LogP contribution in [0.3, 0.4) is 0 Å². The molecule has 0 aliphatic carbocycles. The number of amides is 2. The standard InChI is InChI=1S/C18H21BrN2O3/c1-18(2,13-5-7-14(19)8-6-13)12-21-16(22)9-10-20-17(23)15-4-3-11-24-15/h3-8,11H,9-10,12H2,1-2H3,(H,20,23)(H,21,22). The van der Waals surface area contributed by atoms with E-state index in [4.69, 9.17) is 4.42 Å². The average molecular weight is 393 g/mol. The Hall–Kier alpha value is -2.08. The molecule has 2 rings (SSSR count).